The van der Waals surface area contributed by atoms with Crippen molar-refractivity contribution in [1.29, 1.82) is 0 Å². The maximum absolute atomic E-state index is 5.73. The molecule has 114 valence electrons. The van der Waals surface area contributed by atoms with Crippen LogP contribution in [0.15, 0.2) is 34.7 Å². The third kappa shape index (κ3) is 4.86. The van der Waals surface area contributed by atoms with Gasteiger partial charge >= 0.3 is 6.01 Å². The third-order valence-corrected chi connectivity index (χ3v) is 3.15. The highest BCUT2D eigenvalue weighted by Crippen LogP contribution is 2.15. The Labute approximate surface area is 126 Å². The SMILES string of the molecule is CCN(Cc1ccccc1)c1nnc(CNCC(C)C)o1. The second kappa shape index (κ2) is 7.78. The van der Waals surface area contributed by atoms with Gasteiger partial charge in [-0.25, -0.2) is 0 Å². The summed E-state index contributed by atoms with van der Waals surface area (Å²) in [5.41, 5.74) is 1.23. The molecular weight excluding hydrogens is 264 g/mol. The monoisotopic (exact) mass is 288 g/mol. The Balaban J connectivity index is 1.94. The molecule has 0 aliphatic rings. The lowest BCUT2D eigenvalue weighted by Gasteiger charge is -2.17. The molecule has 2 rings (SSSR count). The van der Waals surface area contributed by atoms with Crippen LogP contribution in [0.4, 0.5) is 6.01 Å². The largest absolute Gasteiger partial charge is 0.407 e. The molecule has 0 bridgehead atoms. The summed E-state index contributed by atoms with van der Waals surface area (Å²) >= 11 is 0. The van der Waals surface area contributed by atoms with Gasteiger partial charge in [0.05, 0.1) is 6.54 Å². The summed E-state index contributed by atoms with van der Waals surface area (Å²) in [5.74, 6) is 1.25. The van der Waals surface area contributed by atoms with Gasteiger partial charge in [0, 0.05) is 13.1 Å². The molecule has 1 aromatic heterocycles. The van der Waals surface area contributed by atoms with Crippen molar-refractivity contribution in [2.75, 3.05) is 18.0 Å². The summed E-state index contributed by atoms with van der Waals surface area (Å²) in [6, 6.07) is 10.9. The molecule has 0 aliphatic heterocycles. The molecule has 5 nitrogen and oxygen atoms in total. The van der Waals surface area contributed by atoms with E-state index in [4.69, 9.17) is 4.42 Å². The van der Waals surface area contributed by atoms with E-state index in [0.29, 0.717) is 24.4 Å². The molecule has 0 atom stereocenters. The van der Waals surface area contributed by atoms with Crippen LogP contribution < -0.4 is 10.2 Å². The number of benzene rings is 1. The fraction of sp³-hybridized carbons (Fsp3) is 0.500. The highest BCUT2D eigenvalue weighted by Gasteiger charge is 2.13. The molecule has 0 unspecified atom stereocenters. The Morgan fingerprint density at radius 1 is 1.19 bits per heavy atom. The predicted molar refractivity (Wildman–Crippen MR) is 84.0 cm³/mol. The van der Waals surface area contributed by atoms with E-state index in [2.05, 4.69) is 53.3 Å². The van der Waals surface area contributed by atoms with Gasteiger partial charge in [-0.1, -0.05) is 49.3 Å². The van der Waals surface area contributed by atoms with E-state index in [1.165, 1.54) is 5.56 Å². The van der Waals surface area contributed by atoms with Gasteiger partial charge in [-0.3, -0.25) is 0 Å². The molecule has 21 heavy (non-hydrogen) atoms. The van der Waals surface area contributed by atoms with Crippen LogP contribution in [0.3, 0.4) is 0 Å². The number of hydrogen-bond acceptors (Lipinski definition) is 5. The van der Waals surface area contributed by atoms with Crippen molar-refractivity contribution in [1.82, 2.24) is 15.5 Å². The standard InChI is InChI=1S/C16H24N4O/c1-4-20(12-14-8-6-5-7-9-14)16-19-18-15(21-16)11-17-10-13(2)3/h5-9,13,17H,4,10-12H2,1-3H3. The van der Waals surface area contributed by atoms with Gasteiger partial charge in [0.15, 0.2) is 0 Å². The molecule has 0 radical (unpaired) electrons. The normalized spacial score (nSPS) is 11.0. The quantitative estimate of drug-likeness (QED) is 0.809. The van der Waals surface area contributed by atoms with Crippen molar-refractivity contribution < 1.29 is 4.42 Å². The smallest absolute Gasteiger partial charge is 0.318 e. The van der Waals surface area contributed by atoms with Gasteiger partial charge in [-0.2, -0.15) is 0 Å². The number of anilines is 1. The van der Waals surface area contributed by atoms with Gasteiger partial charge in [-0.05, 0) is 24.9 Å². The Morgan fingerprint density at radius 3 is 2.62 bits per heavy atom. The van der Waals surface area contributed by atoms with E-state index in [9.17, 15) is 0 Å². The lowest BCUT2D eigenvalue weighted by molar-refractivity contribution is 0.447. The van der Waals surface area contributed by atoms with E-state index < -0.39 is 0 Å². The van der Waals surface area contributed by atoms with E-state index in [0.717, 1.165) is 19.6 Å². The molecule has 0 saturated heterocycles. The van der Waals surface area contributed by atoms with E-state index in [1.54, 1.807) is 0 Å². The Kier molecular flexibility index (Phi) is 5.75. The third-order valence-electron chi connectivity index (χ3n) is 3.15. The number of aromatic nitrogens is 2. The zero-order valence-corrected chi connectivity index (χ0v) is 13.0. The minimum Gasteiger partial charge on any atom is -0.407 e. The van der Waals surface area contributed by atoms with Crippen LogP contribution >= 0.6 is 0 Å². The summed E-state index contributed by atoms with van der Waals surface area (Å²) in [6.45, 7) is 9.60. The van der Waals surface area contributed by atoms with Crippen LogP contribution in [0.5, 0.6) is 0 Å². The van der Waals surface area contributed by atoms with Crippen molar-refractivity contribution in [2.24, 2.45) is 5.92 Å². The molecule has 2 aromatic rings. The van der Waals surface area contributed by atoms with Crippen LogP contribution in [-0.2, 0) is 13.1 Å². The molecule has 0 fully saturated rings. The van der Waals surface area contributed by atoms with Crippen molar-refractivity contribution in [2.45, 2.75) is 33.9 Å². The van der Waals surface area contributed by atoms with Gasteiger partial charge in [0.2, 0.25) is 5.89 Å². The summed E-state index contributed by atoms with van der Waals surface area (Å²) in [5, 5.41) is 11.6. The highest BCUT2D eigenvalue weighted by molar-refractivity contribution is 5.28. The maximum atomic E-state index is 5.73. The second-order valence-corrected chi connectivity index (χ2v) is 5.50. The molecule has 5 heteroatoms. The van der Waals surface area contributed by atoms with Crippen LogP contribution in [0, 0.1) is 5.92 Å². The molecule has 1 N–H and O–H groups in total. The Bertz CT molecular complexity index is 524. The van der Waals surface area contributed by atoms with Crippen LogP contribution in [0.1, 0.15) is 32.2 Å². The van der Waals surface area contributed by atoms with Crippen molar-refractivity contribution in [3.63, 3.8) is 0 Å². The number of nitrogens with zero attached hydrogens (tertiary/aromatic N) is 3. The molecule has 0 spiro atoms. The van der Waals surface area contributed by atoms with Crippen molar-refractivity contribution in [3.05, 3.63) is 41.8 Å². The van der Waals surface area contributed by atoms with E-state index >= 15 is 0 Å². The summed E-state index contributed by atoms with van der Waals surface area (Å²) in [4.78, 5) is 2.08. The maximum Gasteiger partial charge on any atom is 0.318 e. The summed E-state index contributed by atoms with van der Waals surface area (Å²) < 4.78 is 5.73. The zero-order valence-electron chi connectivity index (χ0n) is 13.0. The fourth-order valence-electron chi connectivity index (χ4n) is 2.03. The first-order valence-corrected chi connectivity index (χ1v) is 7.51. The molecule has 0 aliphatic carbocycles. The number of hydrogen-bond donors (Lipinski definition) is 1. The average Bonchev–Trinajstić information content (AvgIpc) is 2.94. The van der Waals surface area contributed by atoms with Crippen LogP contribution in [-0.4, -0.2) is 23.3 Å². The van der Waals surface area contributed by atoms with Crippen molar-refractivity contribution >= 4 is 6.01 Å². The average molecular weight is 288 g/mol. The molecular formula is C16H24N4O. The lowest BCUT2D eigenvalue weighted by Crippen LogP contribution is -2.22. The predicted octanol–water partition coefficient (Wildman–Crippen LogP) is 2.84. The second-order valence-electron chi connectivity index (χ2n) is 5.50. The molecule has 0 amide bonds. The van der Waals surface area contributed by atoms with Crippen LogP contribution in [0.25, 0.3) is 0 Å². The molecule has 0 saturated carbocycles. The van der Waals surface area contributed by atoms with Crippen LogP contribution in [0.2, 0.25) is 0 Å². The first kappa shape index (κ1) is 15.5. The Morgan fingerprint density at radius 2 is 1.95 bits per heavy atom. The number of rotatable bonds is 8. The van der Waals surface area contributed by atoms with E-state index in [-0.39, 0.29) is 0 Å². The van der Waals surface area contributed by atoms with Gasteiger partial charge in [-0.15, -0.1) is 5.10 Å². The molecule has 1 heterocycles. The van der Waals surface area contributed by atoms with Gasteiger partial charge in [0.25, 0.3) is 0 Å². The minimum atomic E-state index is 0.586. The minimum absolute atomic E-state index is 0.586. The number of nitrogens with one attached hydrogen (secondary N) is 1. The van der Waals surface area contributed by atoms with Gasteiger partial charge < -0.3 is 14.6 Å². The van der Waals surface area contributed by atoms with Crippen molar-refractivity contribution in [3.8, 4) is 0 Å². The summed E-state index contributed by atoms with van der Waals surface area (Å²) in [6.07, 6.45) is 0. The zero-order chi connectivity index (χ0) is 15.1. The first-order valence-electron chi connectivity index (χ1n) is 7.51. The highest BCUT2D eigenvalue weighted by atomic mass is 16.4. The topological polar surface area (TPSA) is 54.2 Å². The first-order chi connectivity index (χ1) is 10.2. The summed E-state index contributed by atoms with van der Waals surface area (Å²) in [7, 11) is 0. The Hall–Kier alpha value is -1.88. The lowest BCUT2D eigenvalue weighted by atomic mass is 10.2. The fourth-order valence-corrected chi connectivity index (χ4v) is 2.03. The van der Waals surface area contributed by atoms with Gasteiger partial charge in [0.1, 0.15) is 0 Å². The molecule has 1 aromatic carbocycles. The van der Waals surface area contributed by atoms with E-state index in [1.807, 2.05) is 18.2 Å².